The van der Waals surface area contributed by atoms with Gasteiger partial charge in [-0.2, -0.15) is 0 Å². The lowest BCUT2D eigenvalue weighted by Gasteiger charge is -2.01. The van der Waals surface area contributed by atoms with E-state index in [4.69, 9.17) is 10.2 Å². The van der Waals surface area contributed by atoms with Crippen molar-refractivity contribution in [3.8, 4) is 0 Å². The Bertz CT molecular complexity index is 542. The molecule has 0 radical (unpaired) electrons. The molecule has 0 fully saturated rings. The van der Waals surface area contributed by atoms with Gasteiger partial charge in [0.1, 0.15) is 10.5 Å². The Labute approximate surface area is 93.7 Å². The van der Waals surface area contributed by atoms with E-state index in [9.17, 15) is 13.2 Å². The van der Waals surface area contributed by atoms with Crippen LogP contribution in [0, 0.1) is 6.92 Å². The summed E-state index contributed by atoms with van der Waals surface area (Å²) in [5.74, 6) is -1.27. The van der Waals surface area contributed by atoms with Gasteiger partial charge in [-0.3, -0.25) is 0 Å². The van der Waals surface area contributed by atoms with Crippen LogP contribution in [0.1, 0.15) is 28.7 Å². The Balaban J connectivity index is 3.80. The lowest BCUT2D eigenvalue weighted by Crippen LogP contribution is -2.16. The highest BCUT2D eigenvalue weighted by molar-refractivity contribution is 7.89. The van der Waals surface area contributed by atoms with E-state index in [2.05, 4.69) is 0 Å². The molecule has 0 spiro atoms. The summed E-state index contributed by atoms with van der Waals surface area (Å²) >= 11 is 0. The minimum absolute atomic E-state index is 0.218. The van der Waals surface area contributed by atoms with Gasteiger partial charge in [0.2, 0.25) is 10.0 Å². The molecule has 0 saturated carbocycles. The van der Waals surface area contributed by atoms with Crippen LogP contribution in [0.4, 0.5) is 0 Å². The molecule has 0 aliphatic rings. The van der Waals surface area contributed by atoms with Crippen molar-refractivity contribution in [3.05, 3.63) is 17.0 Å². The van der Waals surface area contributed by atoms with Gasteiger partial charge in [0.15, 0.2) is 0 Å². The van der Waals surface area contributed by atoms with Crippen molar-refractivity contribution in [1.82, 2.24) is 4.57 Å². The van der Waals surface area contributed by atoms with Gasteiger partial charge in [0.25, 0.3) is 0 Å². The van der Waals surface area contributed by atoms with Gasteiger partial charge in [-0.1, -0.05) is 6.92 Å². The molecule has 0 aromatic carbocycles. The van der Waals surface area contributed by atoms with E-state index in [0.717, 1.165) is 0 Å². The number of aromatic carboxylic acids is 1. The van der Waals surface area contributed by atoms with Crippen LogP contribution >= 0.6 is 0 Å². The zero-order valence-electron chi connectivity index (χ0n) is 9.31. The van der Waals surface area contributed by atoms with Crippen LogP contribution in [0.2, 0.25) is 0 Å². The standard InChI is InChI=1S/C9H14N2O4S/c1-4-6-7(9(12)13)8(16(10,14)15)5(2)11(6)3/h4H2,1-3H3,(H,12,13)(H2,10,14,15). The maximum Gasteiger partial charge on any atom is 0.338 e. The molecule has 0 saturated heterocycles. The third-order valence-corrected chi connectivity index (χ3v) is 3.65. The van der Waals surface area contributed by atoms with Crippen molar-refractivity contribution in [2.24, 2.45) is 12.2 Å². The number of aromatic nitrogens is 1. The summed E-state index contributed by atoms with van der Waals surface area (Å²) in [5, 5.41) is 14.1. The van der Waals surface area contributed by atoms with Crippen LogP contribution in [0.5, 0.6) is 0 Å². The zero-order valence-corrected chi connectivity index (χ0v) is 10.1. The second-order valence-corrected chi connectivity index (χ2v) is 5.00. The average Bonchev–Trinajstić information content (AvgIpc) is 2.38. The van der Waals surface area contributed by atoms with Crippen LogP contribution < -0.4 is 5.14 Å². The number of carboxylic acid groups (broad SMARTS) is 1. The Morgan fingerprint density at radius 2 is 2.00 bits per heavy atom. The number of nitrogens with two attached hydrogens (primary N) is 1. The van der Waals surface area contributed by atoms with E-state index in [-0.39, 0.29) is 10.5 Å². The number of primary sulfonamides is 1. The summed E-state index contributed by atoms with van der Waals surface area (Å²) in [7, 11) is -2.40. The molecule has 1 rings (SSSR count). The Kier molecular flexibility index (Phi) is 3.11. The van der Waals surface area contributed by atoms with Crippen LogP contribution in [0.15, 0.2) is 4.90 Å². The molecular weight excluding hydrogens is 232 g/mol. The van der Waals surface area contributed by atoms with Crippen LogP contribution in [-0.2, 0) is 23.5 Å². The predicted molar refractivity (Wildman–Crippen MR) is 57.9 cm³/mol. The molecule has 0 aliphatic heterocycles. The van der Waals surface area contributed by atoms with Crippen molar-refractivity contribution in [3.63, 3.8) is 0 Å². The minimum Gasteiger partial charge on any atom is -0.478 e. The maximum absolute atomic E-state index is 11.4. The van der Waals surface area contributed by atoms with Crippen molar-refractivity contribution in [2.75, 3.05) is 0 Å². The summed E-state index contributed by atoms with van der Waals surface area (Å²) in [6.45, 7) is 3.29. The molecule has 90 valence electrons. The molecule has 0 unspecified atom stereocenters. The number of hydrogen-bond acceptors (Lipinski definition) is 3. The van der Waals surface area contributed by atoms with Gasteiger partial charge in [0, 0.05) is 18.4 Å². The van der Waals surface area contributed by atoms with Gasteiger partial charge in [-0.25, -0.2) is 18.4 Å². The van der Waals surface area contributed by atoms with E-state index in [0.29, 0.717) is 17.8 Å². The molecule has 6 nitrogen and oxygen atoms in total. The second kappa shape index (κ2) is 3.91. The summed E-state index contributed by atoms with van der Waals surface area (Å²) in [4.78, 5) is 10.8. The van der Waals surface area contributed by atoms with Crippen molar-refractivity contribution in [1.29, 1.82) is 0 Å². The summed E-state index contributed by atoms with van der Waals surface area (Å²) < 4.78 is 24.3. The van der Waals surface area contributed by atoms with Gasteiger partial charge < -0.3 is 9.67 Å². The van der Waals surface area contributed by atoms with E-state index >= 15 is 0 Å². The highest BCUT2D eigenvalue weighted by atomic mass is 32.2. The molecule has 16 heavy (non-hydrogen) atoms. The quantitative estimate of drug-likeness (QED) is 0.797. The fourth-order valence-electron chi connectivity index (χ4n) is 1.82. The monoisotopic (exact) mass is 246 g/mol. The first kappa shape index (κ1) is 12.7. The summed E-state index contributed by atoms with van der Waals surface area (Å²) in [5.41, 5.74) is 0.579. The fraction of sp³-hybridized carbons (Fsp3) is 0.444. The molecule has 0 atom stereocenters. The lowest BCUT2D eigenvalue weighted by atomic mass is 10.2. The largest absolute Gasteiger partial charge is 0.478 e. The minimum atomic E-state index is -4.02. The second-order valence-electron chi connectivity index (χ2n) is 3.50. The summed E-state index contributed by atoms with van der Waals surface area (Å²) in [6.07, 6.45) is 0.425. The van der Waals surface area contributed by atoms with E-state index in [1.165, 1.54) is 6.92 Å². The molecular formula is C9H14N2O4S. The maximum atomic E-state index is 11.4. The van der Waals surface area contributed by atoms with Gasteiger partial charge in [-0.15, -0.1) is 0 Å². The normalized spacial score (nSPS) is 11.8. The molecule has 7 heteroatoms. The van der Waals surface area contributed by atoms with Gasteiger partial charge in [-0.05, 0) is 13.3 Å². The molecule has 3 N–H and O–H groups in total. The number of hydrogen-bond donors (Lipinski definition) is 2. The van der Waals surface area contributed by atoms with Crippen molar-refractivity contribution in [2.45, 2.75) is 25.2 Å². The van der Waals surface area contributed by atoms with E-state index < -0.39 is 16.0 Å². The van der Waals surface area contributed by atoms with Crippen LogP contribution in [0.25, 0.3) is 0 Å². The van der Waals surface area contributed by atoms with Crippen LogP contribution in [0.3, 0.4) is 0 Å². The SMILES string of the molecule is CCc1c(C(=O)O)c(S(N)(=O)=O)c(C)n1C. The zero-order chi connectivity index (χ0) is 12.7. The van der Waals surface area contributed by atoms with E-state index in [1.807, 2.05) is 0 Å². The Morgan fingerprint density at radius 3 is 2.31 bits per heavy atom. The number of nitrogens with zero attached hydrogens (tertiary/aromatic N) is 1. The first-order chi connectivity index (χ1) is 7.21. The molecule has 1 heterocycles. The first-order valence-corrected chi connectivity index (χ1v) is 6.20. The predicted octanol–water partition coefficient (Wildman–Crippen LogP) is 0.242. The highest BCUT2D eigenvalue weighted by Gasteiger charge is 2.29. The molecule has 0 bridgehead atoms. The Hall–Kier alpha value is -1.34. The molecule has 1 aromatic heterocycles. The van der Waals surface area contributed by atoms with Gasteiger partial charge in [0.05, 0.1) is 0 Å². The average molecular weight is 246 g/mol. The number of carboxylic acids is 1. The van der Waals surface area contributed by atoms with Crippen LogP contribution in [-0.4, -0.2) is 24.1 Å². The fourth-order valence-corrected chi connectivity index (χ4v) is 2.86. The van der Waals surface area contributed by atoms with Gasteiger partial charge >= 0.3 is 5.97 Å². The molecule has 1 aromatic rings. The third kappa shape index (κ3) is 1.83. The first-order valence-electron chi connectivity index (χ1n) is 4.66. The van der Waals surface area contributed by atoms with E-state index in [1.54, 1.807) is 18.5 Å². The number of sulfonamides is 1. The topological polar surface area (TPSA) is 102 Å². The highest BCUT2D eigenvalue weighted by Crippen LogP contribution is 2.25. The Morgan fingerprint density at radius 1 is 1.50 bits per heavy atom. The van der Waals surface area contributed by atoms with Crippen molar-refractivity contribution >= 4 is 16.0 Å². The number of carbonyl (C=O) groups is 1. The summed E-state index contributed by atoms with van der Waals surface area (Å²) in [6, 6.07) is 0. The lowest BCUT2D eigenvalue weighted by molar-refractivity contribution is 0.0691. The molecule has 0 aliphatic carbocycles. The number of rotatable bonds is 3. The molecule has 0 amide bonds. The smallest absolute Gasteiger partial charge is 0.338 e. The van der Waals surface area contributed by atoms with Crippen molar-refractivity contribution < 1.29 is 18.3 Å². The third-order valence-electron chi connectivity index (χ3n) is 2.59.